The topological polar surface area (TPSA) is 9.23 Å². The fourth-order valence-electron chi connectivity index (χ4n) is 1.81. The predicted molar refractivity (Wildman–Crippen MR) is 59.4 cm³/mol. The minimum absolute atomic E-state index is 0.704. The fraction of sp³-hybridized carbons (Fsp3) is 0.385. The Bertz CT molecular complexity index is 350. The Balaban J connectivity index is 2.22. The molecule has 0 N–H and O–H groups in total. The number of ether oxygens (including phenoxy) is 1. The van der Waals surface area contributed by atoms with Gasteiger partial charge in [0.05, 0.1) is 0 Å². The zero-order valence-electron chi connectivity index (χ0n) is 8.79. The van der Waals surface area contributed by atoms with Gasteiger partial charge in [-0.2, -0.15) is 0 Å². The van der Waals surface area contributed by atoms with E-state index in [-0.39, 0.29) is 0 Å². The van der Waals surface area contributed by atoms with E-state index in [0.29, 0.717) is 5.92 Å². The van der Waals surface area contributed by atoms with E-state index in [9.17, 15) is 0 Å². The lowest BCUT2D eigenvalue weighted by Crippen LogP contribution is -2.08. The first-order valence-corrected chi connectivity index (χ1v) is 5.17. The third-order valence-corrected chi connectivity index (χ3v) is 2.36. The maximum atomic E-state index is 5.67. The lowest BCUT2D eigenvalue weighted by molar-refractivity contribution is 0.338. The van der Waals surface area contributed by atoms with Crippen molar-refractivity contribution >= 4 is 6.08 Å². The van der Waals surface area contributed by atoms with Gasteiger partial charge in [-0.15, -0.1) is 0 Å². The molecule has 0 bridgehead atoms. The normalized spacial score (nSPS) is 14.6. The van der Waals surface area contributed by atoms with E-state index in [1.54, 1.807) is 0 Å². The van der Waals surface area contributed by atoms with Crippen LogP contribution in [-0.4, -0.2) is 6.61 Å². The minimum atomic E-state index is 0.704. The van der Waals surface area contributed by atoms with Crippen LogP contribution in [0.4, 0.5) is 0 Å². The van der Waals surface area contributed by atoms with Gasteiger partial charge >= 0.3 is 0 Å². The third-order valence-electron chi connectivity index (χ3n) is 2.36. The summed E-state index contributed by atoms with van der Waals surface area (Å²) in [5.74, 6) is 1.72. The molecule has 0 amide bonds. The second-order valence-electron chi connectivity index (χ2n) is 4.23. The quantitative estimate of drug-likeness (QED) is 0.690. The number of hydrogen-bond donors (Lipinski definition) is 0. The fourth-order valence-corrected chi connectivity index (χ4v) is 1.81. The molecule has 0 fully saturated rings. The van der Waals surface area contributed by atoms with Gasteiger partial charge in [0, 0.05) is 5.56 Å². The maximum absolute atomic E-state index is 5.67. The van der Waals surface area contributed by atoms with Crippen molar-refractivity contribution in [2.24, 2.45) is 5.92 Å². The lowest BCUT2D eigenvalue weighted by atomic mass is 9.99. The standard InChI is InChI=1S/C13H16O/c1-10(2)7-11-8-12-5-3-4-6-13(12)14-9-11/h3-6,8,10H,7,9H2,1-2H3. The average Bonchev–Trinajstić information content (AvgIpc) is 2.17. The van der Waals surface area contributed by atoms with Crippen molar-refractivity contribution in [3.63, 3.8) is 0 Å². The summed E-state index contributed by atoms with van der Waals surface area (Å²) in [6, 6.07) is 8.20. The molecule has 0 aromatic heterocycles. The highest BCUT2D eigenvalue weighted by atomic mass is 16.5. The van der Waals surface area contributed by atoms with Gasteiger partial charge in [0.25, 0.3) is 0 Å². The van der Waals surface area contributed by atoms with E-state index in [1.165, 1.54) is 11.1 Å². The first-order chi connectivity index (χ1) is 6.75. The average molecular weight is 188 g/mol. The summed E-state index contributed by atoms with van der Waals surface area (Å²) in [5.41, 5.74) is 2.62. The molecule has 1 aliphatic rings. The van der Waals surface area contributed by atoms with E-state index in [1.807, 2.05) is 12.1 Å². The highest BCUT2D eigenvalue weighted by molar-refractivity contribution is 5.61. The van der Waals surface area contributed by atoms with Crippen LogP contribution in [0.1, 0.15) is 25.8 Å². The molecule has 1 heteroatoms. The van der Waals surface area contributed by atoms with E-state index in [0.717, 1.165) is 18.8 Å². The Morgan fingerprint density at radius 3 is 2.86 bits per heavy atom. The van der Waals surface area contributed by atoms with Crippen LogP contribution in [0.15, 0.2) is 29.8 Å². The van der Waals surface area contributed by atoms with E-state index < -0.39 is 0 Å². The SMILES string of the molecule is CC(C)CC1=Cc2ccccc2OC1. The number of fused-ring (bicyclic) bond motifs is 1. The maximum Gasteiger partial charge on any atom is 0.127 e. The molecule has 1 aromatic carbocycles. The summed E-state index contributed by atoms with van der Waals surface area (Å²) >= 11 is 0. The Labute approximate surface area is 85.4 Å². The summed E-state index contributed by atoms with van der Waals surface area (Å²) in [7, 11) is 0. The Kier molecular flexibility index (Phi) is 2.58. The number of rotatable bonds is 2. The molecular weight excluding hydrogens is 172 g/mol. The molecule has 2 rings (SSSR count). The predicted octanol–water partition coefficient (Wildman–Crippen LogP) is 3.51. The molecule has 74 valence electrons. The van der Waals surface area contributed by atoms with Gasteiger partial charge in [-0.05, 0) is 30.1 Å². The van der Waals surface area contributed by atoms with Crippen LogP contribution in [0.2, 0.25) is 0 Å². The van der Waals surface area contributed by atoms with Crippen LogP contribution in [0.25, 0.3) is 6.08 Å². The summed E-state index contributed by atoms with van der Waals surface area (Å²) in [5, 5.41) is 0. The molecule has 0 unspecified atom stereocenters. The summed E-state index contributed by atoms with van der Waals surface area (Å²) in [6.07, 6.45) is 3.40. The van der Waals surface area contributed by atoms with Crippen molar-refractivity contribution in [2.45, 2.75) is 20.3 Å². The summed E-state index contributed by atoms with van der Waals surface area (Å²) in [6.45, 7) is 5.23. The largest absolute Gasteiger partial charge is 0.489 e. The molecule has 0 spiro atoms. The smallest absolute Gasteiger partial charge is 0.127 e. The highest BCUT2D eigenvalue weighted by Gasteiger charge is 2.10. The van der Waals surface area contributed by atoms with Gasteiger partial charge in [-0.25, -0.2) is 0 Å². The minimum Gasteiger partial charge on any atom is -0.489 e. The van der Waals surface area contributed by atoms with Crippen LogP contribution < -0.4 is 4.74 Å². The van der Waals surface area contributed by atoms with Crippen molar-refractivity contribution in [1.82, 2.24) is 0 Å². The van der Waals surface area contributed by atoms with Crippen molar-refractivity contribution in [2.75, 3.05) is 6.61 Å². The van der Waals surface area contributed by atoms with Crippen molar-refractivity contribution in [3.8, 4) is 5.75 Å². The first kappa shape index (κ1) is 9.32. The molecule has 0 saturated heterocycles. The van der Waals surface area contributed by atoms with Gasteiger partial charge in [0.1, 0.15) is 12.4 Å². The van der Waals surface area contributed by atoms with E-state index in [2.05, 4.69) is 32.1 Å². The van der Waals surface area contributed by atoms with Gasteiger partial charge in [0.15, 0.2) is 0 Å². The zero-order valence-corrected chi connectivity index (χ0v) is 8.79. The second kappa shape index (κ2) is 3.87. The van der Waals surface area contributed by atoms with Gasteiger partial charge in [-0.3, -0.25) is 0 Å². The molecule has 14 heavy (non-hydrogen) atoms. The number of benzene rings is 1. The van der Waals surface area contributed by atoms with Crippen molar-refractivity contribution < 1.29 is 4.74 Å². The van der Waals surface area contributed by atoms with Crippen LogP contribution >= 0.6 is 0 Å². The molecule has 1 nitrogen and oxygen atoms in total. The van der Waals surface area contributed by atoms with E-state index in [4.69, 9.17) is 4.74 Å². The molecule has 0 aliphatic carbocycles. The second-order valence-corrected chi connectivity index (χ2v) is 4.23. The Hall–Kier alpha value is -1.24. The van der Waals surface area contributed by atoms with E-state index >= 15 is 0 Å². The summed E-state index contributed by atoms with van der Waals surface area (Å²) in [4.78, 5) is 0. The van der Waals surface area contributed by atoms with Crippen LogP contribution in [0, 0.1) is 5.92 Å². The molecule has 1 aromatic rings. The molecular formula is C13H16O. The number of para-hydroxylation sites is 1. The van der Waals surface area contributed by atoms with Crippen molar-refractivity contribution in [1.29, 1.82) is 0 Å². The van der Waals surface area contributed by atoms with Crippen LogP contribution in [0.3, 0.4) is 0 Å². The molecule has 0 atom stereocenters. The van der Waals surface area contributed by atoms with Gasteiger partial charge < -0.3 is 4.74 Å². The Morgan fingerprint density at radius 2 is 2.07 bits per heavy atom. The zero-order chi connectivity index (χ0) is 9.97. The van der Waals surface area contributed by atoms with Crippen LogP contribution in [0.5, 0.6) is 5.75 Å². The third kappa shape index (κ3) is 1.98. The monoisotopic (exact) mass is 188 g/mol. The molecule has 0 radical (unpaired) electrons. The molecule has 0 saturated carbocycles. The van der Waals surface area contributed by atoms with Crippen molar-refractivity contribution in [3.05, 3.63) is 35.4 Å². The van der Waals surface area contributed by atoms with Gasteiger partial charge in [-0.1, -0.05) is 32.0 Å². The molecule has 1 aliphatic heterocycles. The summed E-state index contributed by atoms with van der Waals surface area (Å²) < 4.78 is 5.67. The Morgan fingerprint density at radius 1 is 1.29 bits per heavy atom. The first-order valence-electron chi connectivity index (χ1n) is 5.17. The number of hydrogen-bond acceptors (Lipinski definition) is 1. The highest BCUT2D eigenvalue weighted by Crippen LogP contribution is 2.27. The van der Waals surface area contributed by atoms with Crippen LogP contribution in [-0.2, 0) is 0 Å². The van der Waals surface area contributed by atoms with Gasteiger partial charge in [0.2, 0.25) is 0 Å². The molecule has 1 heterocycles. The lowest BCUT2D eigenvalue weighted by Gasteiger charge is -2.18.